The lowest BCUT2D eigenvalue weighted by molar-refractivity contribution is -0.384. The van der Waals surface area contributed by atoms with E-state index in [9.17, 15) is 14.9 Å². The minimum Gasteiger partial charge on any atom is -0.449 e. The van der Waals surface area contributed by atoms with Gasteiger partial charge in [0.1, 0.15) is 5.69 Å². The number of carbonyl (C=O) groups excluding carboxylic acids is 1. The van der Waals surface area contributed by atoms with Gasteiger partial charge in [-0.3, -0.25) is 10.1 Å². The molecule has 0 saturated carbocycles. The number of aryl methyl sites for hydroxylation is 1. The van der Waals surface area contributed by atoms with Crippen LogP contribution in [-0.4, -0.2) is 28.1 Å². The standard InChI is InChI=1S/C19H18N4O5/c1-11-5-4-6-13(9-11)18-22-21-17(28-18)12(2)27-19(24)14-7-8-15(20-3)16(10-14)23(25)26/h4-10,12,20H,1-3H3. The van der Waals surface area contributed by atoms with Crippen LogP contribution in [0.3, 0.4) is 0 Å². The number of hydrogen-bond donors (Lipinski definition) is 1. The maximum absolute atomic E-state index is 12.4. The lowest BCUT2D eigenvalue weighted by Gasteiger charge is -2.10. The van der Waals surface area contributed by atoms with E-state index < -0.39 is 17.0 Å². The monoisotopic (exact) mass is 382 g/mol. The molecule has 0 aliphatic carbocycles. The summed E-state index contributed by atoms with van der Waals surface area (Å²) in [5, 5.41) is 21.8. The molecule has 2 aromatic carbocycles. The largest absolute Gasteiger partial charge is 0.449 e. The average molecular weight is 382 g/mol. The molecule has 1 unspecified atom stereocenters. The molecule has 1 aromatic heterocycles. The summed E-state index contributed by atoms with van der Waals surface area (Å²) in [6, 6.07) is 11.6. The number of carbonyl (C=O) groups is 1. The summed E-state index contributed by atoms with van der Waals surface area (Å²) in [6.45, 7) is 3.53. The Balaban J connectivity index is 1.76. The van der Waals surface area contributed by atoms with Crippen molar-refractivity contribution in [1.29, 1.82) is 0 Å². The van der Waals surface area contributed by atoms with E-state index in [1.54, 1.807) is 14.0 Å². The van der Waals surface area contributed by atoms with Crippen LogP contribution in [0.25, 0.3) is 11.5 Å². The summed E-state index contributed by atoms with van der Waals surface area (Å²) in [7, 11) is 1.56. The van der Waals surface area contributed by atoms with Gasteiger partial charge in [-0.2, -0.15) is 0 Å². The maximum atomic E-state index is 12.4. The molecule has 3 rings (SSSR count). The van der Waals surface area contributed by atoms with Gasteiger partial charge in [0, 0.05) is 18.7 Å². The number of nitro benzene ring substituents is 1. The van der Waals surface area contributed by atoms with Crippen LogP contribution >= 0.6 is 0 Å². The first-order valence-corrected chi connectivity index (χ1v) is 8.46. The fourth-order valence-electron chi connectivity index (χ4n) is 2.59. The van der Waals surface area contributed by atoms with Gasteiger partial charge in [-0.05, 0) is 38.1 Å². The predicted molar refractivity (Wildman–Crippen MR) is 101 cm³/mol. The van der Waals surface area contributed by atoms with Crippen molar-refractivity contribution in [2.24, 2.45) is 0 Å². The first-order chi connectivity index (χ1) is 13.4. The Morgan fingerprint density at radius 2 is 2.04 bits per heavy atom. The molecule has 9 nitrogen and oxygen atoms in total. The third kappa shape index (κ3) is 3.98. The molecule has 144 valence electrons. The number of nitro groups is 1. The number of benzene rings is 2. The number of nitrogens with zero attached hydrogens (tertiary/aromatic N) is 3. The van der Waals surface area contributed by atoms with E-state index in [1.807, 2.05) is 31.2 Å². The van der Waals surface area contributed by atoms with Crippen molar-refractivity contribution < 1.29 is 18.9 Å². The summed E-state index contributed by atoms with van der Waals surface area (Å²) < 4.78 is 10.9. The number of ether oxygens (including phenoxy) is 1. The lowest BCUT2D eigenvalue weighted by Crippen LogP contribution is -2.10. The number of anilines is 1. The Morgan fingerprint density at radius 1 is 1.25 bits per heavy atom. The van der Waals surface area contributed by atoms with Gasteiger partial charge in [0.2, 0.25) is 5.89 Å². The molecule has 3 aromatic rings. The van der Waals surface area contributed by atoms with E-state index in [1.165, 1.54) is 12.1 Å². The van der Waals surface area contributed by atoms with Crippen LogP contribution in [0.4, 0.5) is 11.4 Å². The Bertz CT molecular complexity index is 1030. The molecule has 0 fully saturated rings. The molecule has 0 aliphatic rings. The van der Waals surface area contributed by atoms with Crippen molar-refractivity contribution >= 4 is 17.3 Å². The molecule has 0 amide bonds. The third-order valence-electron chi connectivity index (χ3n) is 4.04. The quantitative estimate of drug-likeness (QED) is 0.387. The van der Waals surface area contributed by atoms with E-state index in [0.29, 0.717) is 11.6 Å². The first kappa shape index (κ1) is 19.0. The Labute approximate surface area is 160 Å². The molecular weight excluding hydrogens is 364 g/mol. The summed E-state index contributed by atoms with van der Waals surface area (Å²) >= 11 is 0. The van der Waals surface area contributed by atoms with E-state index in [4.69, 9.17) is 9.15 Å². The van der Waals surface area contributed by atoms with Crippen LogP contribution in [0.2, 0.25) is 0 Å². The molecular formula is C19H18N4O5. The average Bonchev–Trinajstić information content (AvgIpc) is 3.17. The van der Waals surface area contributed by atoms with Crippen molar-refractivity contribution in [2.45, 2.75) is 20.0 Å². The fourth-order valence-corrected chi connectivity index (χ4v) is 2.59. The van der Waals surface area contributed by atoms with Crippen molar-refractivity contribution in [2.75, 3.05) is 12.4 Å². The topological polar surface area (TPSA) is 120 Å². The molecule has 0 spiro atoms. The van der Waals surface area contributed by atoms with Gasteiger partial charge in [-0.25, -0.2) is 4.79 Å². The second-order valence-electron chi connectivity index (χ2n) is 6.10. The van der Waals surface area contributed by atoms with Crippen molar-refractivity contribution in [1.82, 2.24) is 10.2 Å². The zero-order valence-corrected chi connectivity index (χ0v) is 15.5. The van der Waals surface area contributed by atoms with E-state index in [0.717, 1.165) is 17.2 Å². The van der Waals surface area contributed by atoms with Crippen LogP contribution in [0.15, 0.2) is 46.9 Å². The highest BCUT2D eigenvalue weighted by Gasteiger charge is 2.22. The minimum absolute atomic E-state index is 0.0518. The molecule has 1 N–H and O–H groups in total. The smallest absolute Gasteiger partial charge is 0.339 e. The second kappa shape index (κ2) is 7.87. The fraction of sp³-hybridized carbons (Fsp3) is 0.211. The summed E-state index contributed by atoms with van der Waals surface area (Å²) in [5.74, 6) is -0.282. The second-order valence-corrected chi connectivity index (χ2v) is 6.10. The predicted octanol–water partition coefficient (Wildman–Crippen LogP) is 3.91. The van der Waals surface area contributed by atoms with Gasteiger partial charge < -0.3 is 14.5 Å². The van der Waals surface area contributed by atoms with Gasteiger partial charge in [-0.1, -0.05) is 17.7 Å². The summed E-state index contributed by atoms with van der Waals surface area (Å²) in [6.07, 6.45) is -0.818. The van der Waals surface area contributed by atoms with Gasteiger partial charge in [0.15, 0.2) is 6.10 Å². The van der Waals surface area contributed by atoms with Crippen molar-refractivity contribution in [3.8, 4) is 11.5 Å². The molecule has 0 aliphatic heterocycles. The number of rotatable bonds is 6. The molecule has 0 radical (unpaired) electrons. The number of esters is 1. The van der Waals surface area contributed by atoms with Crippen LogP contribution < -0.4 is 5.32 Å². The van der Waals surface area contributed by atoms with E-state index >= 15 is 0 Å². The van der Waals surface area contributed by atoms with Crippen LogP contribution in [-0.2, 0) is 4.74 Å². The minimum atomic E-state index is -0.818. The highest BCUT2D eigenvalue weighted by molar-refractivity contribution is 5.91. The Kier molecular flexibility index (Phi) is 5.35. The van der Waals surface area contributed by atoms with Gasteiger partial charge in [-0.15, -0.1) is 10.2 Å². The highest BCUT2D eigenvalue weighted by Crippen LogP contribution is 2.27. The summed E-state index contributed by atoms with van der Waals surface area (Å²) in [4.78, 5) is 22.9. The number of aromatic nitrogens is 2. The first-order valence-electron chi connectivity index (χ1n) is 8.46. The zero-order chi connectivity index (χ0) is 20.3. The molecule has 1 atom stereocenters. The van der Waals surface area contributed by atoms with E-state index in [-0.39, 0.29) is 17.1 Å². The molecule has 0 bridgehead atoms. The van der Waals surface area contributed by atoms with E-state index in [2.05, 4.69) is 15.5 Å². The van der Waals surface area contributed by atoms with Crippen LogP contribution in [0, 0.1) is 17.0 Å². The van der Waals surface area contributed by atoms with Crippen molar-refractivity contribution in [3.05, 3.63) is 69.6 Å². The molecule has 0 saturated heterocycles. The SMILES string of the molecule is CNc1ccc(C(=O)OC(C)c2nnc(-c3cccc(C)c3)o2)cc1[N+](=O)[O-]. The maximum Gasteiger partial charge on any atom is 0.339 e. The molecule has 28 heavy (non-hydrogen) atoms. The Hall–Kier alpha value is -3.75. The van der Waals surface area contributed by atoms with Gasteiger partial charge >= 0.3 is 5.97 Å². The third-order valence-corrected chi connectivity index (χ3v) is 4.04. The normalized spacial score (nSPS) is 11.7. The van der Waals surface area contributed by atoms with Gasteiger partial charge in [0.25, 0.3) is 11.6 Å². The lowest BCUT2D eigenvalue weighted by atomic mass is 10.1. The zero-order valence-electron chi connectivity index (χ0n) is 15.5. The molecule has 9 heteroatoms. The van der Waals surface area contributed by atoms with Crippen molar-refractivity contribution in [3.63, 3.8) is 0 Å². The van der Waals surface area contributed by atoms with Crippen LogP contribution in [0.1, 0.15) is 34.8 Å². The Morgan fingerprint density at radius 3 is 2.71 bits per heavy atom. The number of hydrogen-bond acceptors (Lipinski definition) is 8. The molecule has 1 heterocycles. The number of nitrogens with one attached hydrogen (secondary N) is 1. The summed E-state index contributed by atoms with van der Waals surface area (Å²) in [5.41, 5.74) is 1.94. The highest BCUT2D eigenvalue weighted by atomic mass is 16.6. The van der Waals surface area contributed by atoms with Crippen LogP contribution in [0.5, 0.6) is 0 Å². The van der Waals surface area contributed by atoms with Gasteiger partial charge in [0.05, 0.1) is 10.5 Å².